The summed E-state index contributed by atoms with van der Waals surface area (Å²) in [5.41, 5.74) is 1.10. The molecule has 3 heterocycles. The number of halogens is 1. The second-order valence-electron chi connectivity index (χ2n) is 6.79. The molecular weight excluding hydrogens is 469 g/mol. The van der Waals surface area contributed by atoms with Crippen molar-refractivity contribution in [2.45, 2.75) is 25.3 Å². The Hall–Kier alpha value is -1.19. The molecule has 1 saturated heterocycles. The van der Waals surface area contributed by atoms with Crippen LogP contribution in [0.2, 0.25) is 0 Å². The summed E-state index contributed by atoms with van der Waals surface area (Å²) in [7, 11) is 4.08. The number of likely N-dealkylation sites (tertiary alicyclic amines) is 1. The normalized spacial score (nSPS) is 20.7. The molecule has 2 aromatic heterocycles. The molecule has 27 heavy (non-hydrogen) atoms. The van der Waals surface area contributed by atoms with Gasteiger partial charge in [-0.3, -0.25) is 14.9 Å². The number of aliphatic imine (C=N–C) groups is 1. The zero-order valence-corrected chi connectivity index (χ0v) is 19.2. The number of pyridine rings is 1. The van der Waals surface area contributed by atoms with E-state index in [9.17, 15) is 0 Å². The first-order chi connectivity index (χ1) is 12.8. The van der Waals surface area contributed by atoms with Gasteiger partial charge < -0.3 is 10.6 Å². The number of nitrogens with zero attached hydrogens (tertiary/aromatic N) is 3. The van der Waals surface area contributed by atoms with Gasteiger partial charge in [-0.25, -0.2) is 0 Å². The number of rotatable bonds is 6. The lowest BCUT2D eigenvalue weighted by molar-refractivity contribution is 0.125. The molecule has 148 valence electrons. The van der Waals surface area contributed by atoms with Crippen LogP contribution >= 0.6 is 35.3 Å². The van der Waals surface area contributed by atoms with Gasteiger partial charge in [0.25, 0.3) is 0 Å². The second-order valence-corrected chi connectivity index (χ2v) is 7.77. The van der Waals surface area contributed by atoms with E-state index in [0.29, 0.717) is 12.0 Å². The predicted octanol–water partition coefficient (Wildman–Crippen LogP) is 3.55. The van der Waals surface area contributed by atoms with Crippen LogP contribution in [0.1, 0.15) is 29.5 Å². The van der Waals surface area contributed by atoms with Crippen LogP contribution in [0.3, 0.4) is 0 Å². The smallest absolute Gasteiger partial charge is 0.190 e. The summed E-state index contributed by atoms with van der Waals surface area (Å²) in [6.07, 6.45) is 5.25. The van der Waals surface area contributed by atoms with E-state index in [2.05, 4.69) is 56.1 Å². The average Bonchev–Trinajstić information content (AvgIpc) is 3.19. The minimum Gasteiger partial charge on any atom is -0.356 e. The number of piperidine rings is 1. The van der Waals surface area contributed by atoms with Gasteiger partial charge in [-0.1, -0.05) is 12.1 Å². The quantitative estimate of drug-likeness (QED) is 0.363. The number of aromatic nitrogens is 1. The Kier molecular flexibility index (Phi) is 9.50. The number of thiophene rings is 1. The molecule has 0 amide bonds. The molecule has 0 radical (unpaired) electrons. The zero-order valence-electron chi connectivity index (χ0n) is 16.1. The molecule has 0 bridgehead atoms. The van der Waals surface area contributed by atoms with Crippen LogP contribution in [0.15, 0.2) is 46.9 Å². The number of hydrogen-bond acceptors (Lipinski definition) is 4. The molecule has 1 aliphatic heterocycles. The van der Waals surface area contributed by atoms with Crippen molar-refractivity contribution in [2.75, 3.05) is 33.7 Å². The van der Waals surface area contributed by atoms with Crippen LogP contribution in [0, 0.1) is 5.92 Å². The van der Waals surface area contributed by atoms with Crippen molar-refractivity contribution >= 4 is 41.3 Å². The largest absolute Gasteiger partial charge is 0.356 e. The minimum atomic E-state index is 0. The van der Waals surface area contributed by atoms with Crippen LogP contribution < -0.4 is 10.6 Å². The van der Waals surface area contributed by atoms with Crippen molar-refractivity contribution in [3.8, 4) is 0 Å². The number of hydrogen-bond donors (Lipinski definition) is 2. The van der Waals surface area contributed by atoms with E-state index in [4.69, 9.17) is 0 Å². The summed E-state index contributed by atoms with van der Waals surface area (Å²) < 4.78 is 0. The Balaban J connectivity index is 0.00000261. The van der Waals surface area contributed by atoms with E-state index in [1.807, 2.05) is 36.7 Å². The summed E-state index contributed by atoms with van der Waals surface area (Å²) in [6, 6.07) is 11.0. The van der Waals surface area contributed by atoms with Crippen LogP contribution in [0.5, 0.6) is 0 Å². The van der Waals surface area contributed by atoms with Crippen molar-refractivity contribution in [3.63, 3.8) is 0 Å². The molecule has 5 nitrogen and oxygen atoms in total. The molecule has 1 aliphatic rings. The Labute approximate surface area is 183 Å². The lowest BCUT2D eigenvalue weighted by Gasteiger charge is -2.39. The van der Waals surface area contributed by atoms with E-state index >= 15 is 0 Å². The molecule has 0 saturated carbocycles. The van der Waals surface area contributed by atoms with E-state index in [-0.39, 0.29) is 24.0 Å². The van der Waals surface area contributed by atoms with Gasteiger partial charge in [0.05, 0.1) is 0 Å². The lowest BCUT2D eigenvalue weighted by Crippen LogP contribution is -2.45. The van der Waals surface area contributed by atoms with E-state index in [1.54, 1.807) is 0 Å². The Morgan fingerprint density at radius 1 is 1.30 bits per heavy atom. The molecule has 0 aliphatic carbocycles. The van der Waals surface area contributed by atoms with Gasteiger partial charge in [-0.2, -0.15) is 0 Å². The fourth-order valence-electron chi connectivity index (χ4n) is 3.69. The highest BCUT2D eigenvalue weighted by atomic mass is 127. The fraction of sp³-hybridized carbons (Fsp3) is 0.500. The van der Waals surface area contributed by atoms with Crippen LogP contribution in [-0.2, 0) is 6.42 Å². The third-order valence-electron chi connectivity index (χ3n) is 5.00. The summed E-state index contributed by atoms with van der Waals surface area (Å²) >= 11 is 1.87. The van der Waals surface area contributed by atoms with Crippen molar-refractivity contribution in [1.82, 2.24) is 20.5 Å². The van der Waals surface area contributed by atoms with Crippen molar-refractivity contribution in [2.24, 2.45) is 10.9 Å². The average molecular weight is 499 g/mol. The molecule has 2 aromatic rings. The highest BCUT2D eigenvalue weighted by molar-refractivity contribution is 14.0. The van der Waals surface area contributed by atoms with Gasteiger partial charge in [0, 0.05) is 49.4 Å². The predicted molar refractivity (Wildman–Crippen MR) is 125 cm³/mol. The van der Waals surface area contributed by atoms with Crippen molar-refractivity contribution in [3.05, 3.63) is 52.5 Å². The first-order valence-corrected chi connectivity index (χ1v) is 10.2. The molecule has 1 fully saturated rings. The highest BCUT2D eigenvalue weighted by Gasteiger charge is 2.31. The van der Waals surface area contributed by atoms with Gasteiger partial charge in [0.15, 0.2) is 5.96 Å². The molecule has 2 unspecified atom stereocenters. The third kappa shape index (κ3) is 6.43. The van der Waals surface area contributed by atoms with E-state index < -0.39 is 0 Å². The van der Waals surface area contributed by atoms with Crippen LogP contribution in [0.25, 0.3) is 0 Å². The first-order valence-electron chi connectivity index (χ1n) is 9.36. The SMILES string of the molecule is CN=C(NCCc1ccccn1)NCC1CCCN(C)C1c1cccs1.I. The minimum absolute atomic E-state index is 0. The maximum atomic E-state index is 4.37. The molecular formula is C20H30IN5S. The summed E-state index contributed by atoms with van der Waals surface area (Å²) in [4.78, 5) is 12.7. The maximum Gasteiger partial charge on any atom is 0.190 e. The Morgan fingerprint density at radius 2 is 2.19 bits per heavy atom. The van der Waals surface area contributed by atoms with Gasteiger partial charge in [-0.15, -0.1) is 35.3 Å². The third-order valence-corrected chi connectivity index (χ3v) is 5.94. The topological polar surface area (TPSA) is 52.6 Å². The van der Waals surface area contributed by atoms with Crippen molar-refractivity contribution < 1.29 is 0 Å². The molecule has 2 N–H and O–H groups in total. The van der Waals surface area contributed by atoms with Gasteiger partial charge in [0.1, 0.15) is 0 Å². The fourth-order valence-corrected chi connectivity index (χ4v) is 4.67. The molecule has 7 heteroatoms. The summed E-state index contributed by atoms with van der Waals surface area (Å²) in [5.74, 6) is 1.47. The number of guanidine groups is 1. The monoisotopic (exact) mass is 499 g/mol. The summed E-state index contributed by atoms with van der Waals surface area (Å²) in [6.45, 7) is 2.95. The zero-order chi connectivity index (χ0) is 18.2. The molecule has 0 spiro atoms. The van der Waals surface area contributed by atoms with Crippen LogP contribution in [-0.4, -0.2) is 49.6 Å². The van der Waals surface area contributed by atoms with Crippen LogP contribution in [0.4, 0.5) is 0 Å². The standard InChI is InChI=1S/C20H29N5S.HI/c1-21-20(23-12-10-17-8-3-4-11-22-17)24-15-16-7-5-13-25(2)19(16)18-9-6-14-26-18;/h3-4,6,8-9,11,14,16,19H,5,7,10,12-13,15H2,1-2H3,(H2,21,23,24);1H. The Morgan fingerprint density at radius 3 is 2.89 bits per heavy atom. The molecule has 0 aromatic carbocycles. The molecule has 2 atom stereocenters. The van der Waals surface area contributed by atoms with Gasteiger partial charge in [0.2, 0.25) is 0 Å². The molecule has 3 rings (SSSR count). The summed E-state index contributed by atoms with van der Waals surface area (Å²) in [5, 5.41) is 9.12. The van der Waals surface area contributed by atoms with Gasteiger partial charge in [-0.05, 0) is 55.9 Å². The highest BCUT2D eigenvalue weighted by Crippen LogP contribution is 2.36. The second kappa shape index (κ2) is 11.6. The maximum absolute atomic E-state index is 4.37. The lowest BCUT2D eigenvalue weighted by atomic mass is 9.88. The van der Waals surface area contributed by atoms with Crippen molar-refractivity contribution in [1.29, 1.82) is 0 Å². The first kappa shape index (κ1) is 22.1. The van der Waals surface area contributed by atoms with E-state index in [0.717, 1.165) is 31.2 Å². The number of nitrogens with one attached hydrogen (secondary N) is 2. The Bertz CT molecular complexity index is 677. The van der Waals surface area contributed by atoms with E-state index in [1.165, 1.54) is 24.3 Å². The van der Waals surface area contributed by atoms with Gasteiger partial charge >= 0.3 is 0 Å².